The van der Waals surface area contributed by atoms with E-state index in [9.17, 15) is 0 Å². The Balaban J connectivity index is 1.95. The van der Waals surface area contributed by atoms with Crippen molar-refractivity contribution in [2.45, 2.75) is 32.6 Å². The molecule has 2 atom stereocenters. The van der Waals surface area contributed by atoms with Crippen molar-refractivity contribution < 1.29 is 0 Å². The maximum atomic E-state index is 3.43. The lowest BCUT2D eigenvalue weighted by Gasteiger charge is -2.23. The number of anilines is 1. The second-order valence-electron chi connectivity index (χ2n) is 5.64. The molecule has 2 rings (SSSR count). The van der Waals surface area contributed by atoms with E-state index in [1.165, 1.54) is 37.2 Å². The summed E-state index contributed by atoms with van der Waals surface area (Å²) in [5.74, 6) is 1.48. The Morgan fingerprint density at radius 1 is 1.33 bits per heavy atom. The molecule has 2 nitrogen and oxygen atoms in total. The van der Waals surface area contributed by atoms with Crippen molar-refractivity contribution in [3.8, 4) is 0 Å². The minimum atomic E-state index is 0.670. The first-order chi connectivity index (χ1) is 8.70. The first-order valence-corrected chi connectivity index (χ1v) is 7.22. The summed E-state index contributed by atoms with van der Waals surface area (Å²) >= 11 is 0. The zero-order chi connectivity index (χ0) is 13.0. The summed E-state index contributed by atoms with van der Waals surface area (Å²) in [4.78, 5) is 2.39. The highest BCUT2D eigenvalue weighted by molar-refractivity contribution is 5.47. The molecule has 1 fully saturated rings. The zero-order valence-corrected chi connectivity index (χ0v) is 11.9. The summed E-state index contributed by atoms with van der Waals surface area (Å²) in [6.45, 7) is 8.07. The standard InChI is InChI=1S/C16H26N2/c1-4-13(2)15-5-7-16(8-6-15)18(3)12-14-9-10-17-11-14/h5-8,13-14,17H,4,9-12H2,1-3H3. The lowest BCUT2D eigenvalue weighted by atomic mass is 9.98. The van der Waals surface area contributed by atoms with Crippen LogP contribution in [0.25, 0.3) is 0 Å². The van der Waals surface area contributed by atoms with Gasteiger partial charge in [0.05, 0.1) is 0 Å². The molecule has 0 radical (unpaired) electrons. The van der Waals surface area contributed by atoms with Gasteiger partial charge in [0.15, 0.2) is 0 Å². The average Bonchev–Trinajstić information content (AvgIpc) is 2.91. The molecule has 0 spiro atoms. The second kappa shape index (κ2) is 6.24. The van der Waals surface area contributed by atoms with Gasteiger partial charge in [-0.2, -0.15) is 0 Å². The number of nitrogens with zero attached hydrogens (tertiary/aromatic N) is 1. The van der Waals surface area contributed by atoms with E-state index in [2.05, 4.69) is 55.4 Å². The number of hydrogen-bond acceptors (Lipinski definition) is 2. The van der Waals surface area contributed by atoms with Gasteiger partial charge in [-0.25, -0.2) is 0 Å². The molecule has 1 aromatic rings. The maximum absolute atomic E-state index is 3.43. The van der Waals surface area contributed by atoms with E-state index in [0.29, 0.717) is 5.92 Å². The molecular formula is C16H26N2. The zero-order valence-electron chi connectivity index (χ0n) is 11.9. The van der Waals surface area contributed by atoms with Gasteiger partial charge in [0.1, 0.15) is 0 Å². The van der Waals surface area contributed by atoms with E-state index in [1.54, 1.807) is 0 Å². The van der Waals surface area contributed by atoms with Gasteiger partial charge in [-0.3, -0.25) is 0 Å². The van der Waals surface area contributed by atoms with Gasteiger partial charge >= 0.3 is 0 Å². The second-order valence-corrected chi connectivity index (χ2v) is 5.64. The molecule has 1 N–H and O–H groups in total. The van der Waals surface area contributed by atoms with Gasteiger partial charge in [0.25, 0.3) is 0 Å². The molecule has 2 heteroatoms. The van der Waals surface area contributed by atoms with Crippen molar-refractivity contribution in [2.24, 2.45) is 5.92 Å². The summed E-state index contributed by atoms with van der Waals surface area (Å²) in [6, 6.07) is 9.10. The fraction of sp³-hybridized carbons (Fsp3) is 0.625. The van der Waals surface area contributed by atoms with Crippen LogP contribution in [0.1, 0.15) is 38.2 Å². The van der Waals surface area contributed by atoms with Crippen molar-refractivity contribution in [3.05, 3.63) is 29.8 Å². The first-order valence-electron chi connectivity index (χ1n) is 7.22. The van der Waals surface area contributed by atoms with Gasteiger partial charge in [0, 0.05) is 19.3 Å². The Morgan fingerprint density at radius 3 is 2.61 bits per heavy atom. The molecule has 1 aliphatic rings. The topological polar surface area (TPSA) is 15.3 Å². The fourth-order valence-corrected chi connectivity index (χ4v) is 2.66. The van der Waals surface area contributed by atoms with E-state index in [4.69, 9.17) is 0 Å². The highest BCUT2D eigenvalue weighted by Gasteiger charge is 2.16. The predicted molar refractivity (Wildman–Crippen MR) is 79.4 cm³/mol. The van der Waals surface area contributed by atoms with Crippen molar-refractivity contribution in [2.75, 3.05) is 31.6 Å². The normalized spacial score (nSPS) is 20.9. The Morgan fingerprint density at radius 2 is 2.06 bits per heavy atom. The smallest absolute Gasteiger partial charge is 0.0363 e. The van der Waals surface area contributed by atoms with Crippen LogP contribution < -0.4 is 10.2 Å². The van der Waals surface area contributed by atoms with E-state index in [0.717, 1.165) is 12.5 Å². The van der Waals surface area contributed by atoms with Crippen molar-refractivity contribution in [3.63, 3.8) is 0 Å². The number of hydrogen-bond donors (Lipinski definition) is 1. The van der Waals surface area contributed by atoms with Crippen LogP contribution in [0.3, 0.4) is 0 Å². The summed E-state index contributed by atoms with van der Waals surface area (Å²) in [7, 11) is 2.20. The summed E-state index contributed by atoms with van der Waals surface area (Å²) in [5, 5.41) is 3.43. The Labute approximate surface area is 111 Å². The SMILES string of the molecule is CCC(C)c1ccc(N(C)CC2CCNC2)cc1. The van der Waals surface area contributed by atoms with Crippen LogP contribution in [0.15, 0.2) is 24.3 Å². The molecule has 0 bridgehead atoms. The number of nitrogens with one attached hydrogen (secondary N) is 1. The third kappa shape index (κ3) is 3.26. The van der Waals surface area contributed by atoms with Crippen molar-refractivity contribution >= 4 is 5.69 Å². The number of rotatable bonds is 5. The third-order valence-electron chi connectivity index (χ3n) is 4.21. The van der Waals surface area contributed by atoms with E-state index >= 15 is 0 Å². The molecule has 1 aliphatic heterocycles. The average molecular weight is 246 g/mol. The Bertz CT molecular complexity index is 352. The molecule has 0 aliphatic carbocycles. The summed E-state index contributed by atoms with van der Waals surface area (Å²) in [5.41, 5.74) is 2.80. The predicted octanol–water partition coefficient (Wildman–Crippen LogP) is 3.25. The highest BCUT2D eigenvalue weighted by Crippen LogP contribution is 2.22. The maximum Gasteiger partial charge on any atom is 0.0363 e. The molecule has 2 unspecified atom stereocenters. The van der Waals surface area contributed by atoms with Crippen LogP contribution in [0, 0.1) is 5.92 Å². The van der Waals surface area contributed by atoms with Gasteiger partial charge in [-0.05, 0) is 55.5 Å². The quantitative estimate of drug-likeness (QED) is 0.858. The molecule has 0 saturated carbocycles. The fourth-order valence-electron chi connectivity index (χ4n) is 2.66. The highest BCUT2D eigenvalue weighted by atomic mass is 15.1. The number of benzene rings is 1. The molecule has 18 heavy (non-hydrogen) atoms. The minimum absolute atomic E-state index is 0.670. The van der Waals surface area contributed by atoms with Crippen molar-refractivity contribution in [1.29, 1.82) is 0 Å². The van der Waals surface area contributed by atoms with Crippen LogP contribution in [-0.2, 0) is 0 Å². The molecule has 0 aromatic heterocycles. The largest absolute Gasteiger partial charge is 0.374 e. The van der Waals surface area contributed by atoms with E-state index in [-0.39, 0.29) is 0 Å². The molecule has 1 heterocycles. The van der Waals surface area contributed by atoms with Crippen LogP contribution in [-0.4, -0.2) is 26.7 Å². The first kappa shape index (κ1) is 13.4. The van der Waals surface area contributed by atoms with Crippen molar-refractivity contribution in [1.82, 2.24) is 5.32 Å². The van der Waals surface area contributed by atoms with Crippen LogP contribution in [0.5, 0.6) is 0 Å². The molecule has 100 valence electrons. The molecule has 1 aromatic carbocycles. The van der Waals surface area contributed by atoms with Crippen LogP contribution >= 0.6 is 0 Å². The van der Waals surface area contributed by atoms with E-state index < -0.39 is 0 Å². The third-order valence-corrected chi connectivity index (χ3v) is 4.21. The van der Waals surface area contributed by atoms with Gasteiger partial charge in [-0.15, -0.1) is 0 Å². The minimum Gasteiger partial charge on any atom is -0.374 e. The Kier molecular flexibility index (Phi) is 4.65. The lowest BCUT2D eigenvalue weighted by molar-refractivity contribution is 0.578. The lowest BCUT2D eigenvalue weighted by Crippen LogP contribution is -2.26. The van der Waals surface area contributed by atoms with Gasteiger partial charge < -0.3 is 10.2 Å². The molecule has 0 amide bonds. The molecular weight excluding hydrogens is 220 g/mol. The Hall–Kier alpha value is -1.02. The summed E-state index contributed by atoms with van der Waals surface area (Å²) in [6.07, 6.45) is 2.53. The van der Waals surface area contributed by atoms with Crippen LogP contribution in [0.2, 0.25) is 0 Å². The van der Waals surface area contributed by atoms with Crippen LogP contribution in [0.4, 0.5) is 5.69 Å². The van der Waals surface area contributed by atoms with Gasteiger partial charge in [0.2, 0.25) is 0 Å². The summed E-state index contributed by atoms with van der Waals surface area (Å²) < 4.78 is 0. The van der Waals surface area contributed by atoms with Gasteiger partial charge in [-0.1, -0.05) is 26.0 Å². The monoisotopic (exact) mass is 246 g/mol. The van der Waals surface area contributed by atoms with E-state index in [1.807, 2.05) is 0 Å². The molecule has 1 saturated heterocycles.